The van der Waals surface area contributed by atoms with E-state index >= 15 is 0 Å². The molecule has 1 saturated carbocycles. The highest BCUT2D eigenvalue weighted by molar-refractivity contribution is 5.72. The topological polar surface area (TPSA) is 35.5 Å². The standard InChI is InChI=1S/C21H28O3/c1-23-15-7-5-3-4-6-8-17-9-11-18(12-10-17)19-13-14-20(16-19)21(22)24-2/h9-12,19-20H,3-5,7,13-16H2,1-2H3. The van der Waals surface area contributed by atoms with Crippen molar-refractivity contribution in [3.63, 3.8) is 0 Å². The number of benzene rings is 1. The summed E-state index contributed by atoms with van der Waals surface area (Å²) in [6, 6.07) is 8.51. The van der Waals surface area contributed by atoms with E-state index in [9.17, 15) is 4.79 Å². The van der Waals surface area contributed by atoms with Crippen LogP contribution in [0.25, 0.3) is 0 Å². The molecule has 0 amide bonds. The summed E-state index contributed by atoms with van der Waals surface area (Å²) in [6.07, 6.45) is 7.25. The van der Waals surface area contributed by atoms with Gasteiger partial charge >= 0.3 is 5.97 Å². The molecule has 0 aromatic heterocycles. The summed E-state index contributed by atoms with van der Waals surface area (Å²) in [5.41, 5.74) is 2.38. The summed E-state index contributed by atoms with van der Waals surface area (Å²) in [4.78, 5) is 11.6. The Morgan fingerprint density at radius 1 is 1.12 bits per heavy atom. The van der Waals surface area contributed by atoms with E-state index < -0.39 is 0 Å². The molecule has 3 heteroatoms. The summed E-state index contributed by atoms with van der Waals surface area (Å²) < 4.78 is 9.89. The van der Waals surface area contributed by atoms with Gasteiger partial charge in [-0.25, -0.2) is 0 Å². The number of carbonyl (C=O) groups excluding carboxylic acids is 1. The van der Waals surface area contributed by atoms with Crippen LogP contribution in [-0.4, -0.2) is 26.8 Å². The number of ether oxygens (including phenoxy) is 2. The van der Waals surface area contributed by atoms with E-state index in [2.05, 4.69) is 36.1 Å². The number of unbranched alkanes of at least 4 members (excludes halogenated alkanes) is 3. The van der Waals surface area contributed by atoms with Crippen molar-refractivity contribution >= 4 is 5.97 Å². The van der Waals surface area contributed by atoms with Crippen molar-refractivity contribution in [2.24, 2.45) is 5.92 Å². The quantitative estimate of drug-likeness (QED) is 0.425. The molecule has 1 fully saturated rings. The molecule has 3 nitrogen and oxygen atoms in total. The molecule has 0 spiro atoms. The van der Waals surface area contributed by atoms with Crippen molar-refractivity contribution in [3.8, 4) is 11.8 Å². The van der Waals surface area contributed by atoms with Crippen LogP contribution in [0.1, 0.15) is 62.0 Å². The lowest BCUT2D eigenvalue weighted by Gasteiger charge is -2.10. The van der Waals surface area contributed by atoms with Gasteiger partial charge in [0.05, 0.1) is 13.0 Å². The molecule has 0 N–H and O–H groups in total. The van der Waals surface area contributed by atoms with Gasteiger partial charge in [-0.05, 0) is 55.7 Å². The predicted molar refractivity (Wildman–Crippen MR) is 95.8 cm³/mol. The van der Waals surface area contributed by atoms with Crippen LogP contribution in [0.5, 0.6) is 0 Å². The molecule has 130 valence electrons. The molecule has 1 aromatic carbocycles. The molecule has 2 atom stereocenters. The fraction of sp³-hybridized carbons (Fsp3) is 0.571. The number of hydrogen-bond acceptors (Lipinski definition) is 3. The van der Waals surface area contributed by atoms with Crippen LogP contribution in [0.3, 0.4) is 0 Å². The predicted octanol–water partition coefficient (Wildman–Crippen LogP) is 4.30. The summed E-state index contributed by atoms with van der Waals surface area (Å²) in [6.45, 7) is 0.840. The van der Waals surface area contributed by atoms with E-state index in [1.807, 2.05) is 0 Å². The second-order valence-electron chi connectivity index (χ2n) is 6.46. The van der Waals surface area contributed by atoms with Gasteiger partial charge in [0.1, 0.15) is 0 Å². The van der Waals surface area contributed by atoms with Gasteiger partial charge in [-0.3, -0.25) is 4.79 Å². The number of carbonyl (C=O) groups is 1. The number of rotatable bonds is 7. The van der Waals surface area contributed by atoms with E-state index in [4.69, 9.17) is 9.47 Å². The van der Waals surface area contributed by atoms with Gasteiger partial charge in [-0.1, -0.05) is 30.4 Å². The molecule has 0 aliphatic heterocycles. The molecule has 0 bridgehead atoms. The van der Waals surface area contributed by atoms with Crippen molar-refractivity contribution in [1.82, 2.24) is 0 Å². The minimum Gasteiger partial charge on any atom is -0.469 e. The van der Waals surface area contributed by atoms with E-state index in [-0.39, 0.29) is 11.9 Å². The van der Waals surface area contributed by atoms with Crippen LogP contribution < -0.4 is 0 Å². The molecule has 1 aliphatic carbocycles. The fourth-order valence-corrected chi connectivity index (χ4v) is 3.30. The highest BCUT2D eigenvalue weighted by atomic mass is 16.5. The number of methoxy groups -OCH3 is 2. The first-order chi connectivity index (χ1) is 11.7. The van der Waals surface area contributed by atoms with Gasteiger partial charge in [0, 0.05) is 25.7 Å². The van der Waals surface area contributed by atoms with Crippen molar-refractivity contribution in [2.45, 2.75) is 50.9 Å². The Kier molecular flexibility index (Phi) is 7.85. The van der Waals surface area contributed by atoms with E-state index in [1.165, 1.54) is 19.1 Å². The van der Waals surface area contributed by atoms with Crippen LogP contribution in [0.2, 0.25) is 0 Å². The smallest absolute Gasteiger partial charge is 0.308 e. The lowest BCUT2D eigenvalue weighted by Crippen LogP contribution is -2.12. The average Bonchev–Trinajstić information content (AvgIpc) is 3.11. The summed E-state index contributed by atoms with van der Waals surface area (Å²) >= 11 is 0. The zero-order chi connectivity index (χ0) is 17.2. The van der Waals surface area contributed by atoms with Crippen LogP contribution >= 0.6 is 0 Å². The van der Waals surface area contributed by atoms with Crippen LogP contribution in [-0.2, 0) is 14.3 Å². The fourth-order valence-electron chi connectivity index (χ4n) is 3.30. The van der Waals surface area contributed by atoms with Crippen molar-refractivity contribution in [2.75, 3.05) is 20.8 Å². The molecule has 2 rings (SSSR count). The van der Waals surface area contributed by atoms with Crippen molar-refractivity contribution in [3.05, 3.63) is 35.4 Å². The maximum atomic E-state index is 11.6. The number of esters is 1. The monoisotopic (exact) mass is 328 g/mol. The second kappa shape index (κ2) is 10.2. The second-order valence-corrected chi connectivity index (χ2v) is 6.46. The minimum atomic E-state index is -0.0644. The van der Waals surface area contributed by atoms with Crippen molar-refractivity contribution in [1.29, 1.82) is 0 Å². The molecule has 0 heterocycles. The Balaban J connectivity index is 1.78. The van der Waals surface area contributed by atoms with E-state index in [1.54, 1.807) is 7.11 Å². The van der Waals surface area contributed by atoms with Gasteiger partial charge in [0.2, 0.25) is 0 Å². The average molecular weight is 328 g/mol. The Morgan fingerprint density at radius 2 is 1.92 bits per heavy atom. The molecule has 24 heavy (non-hydrogen) atoms. The Bertz CT molecular complexity index is 565. The van der Waals surface area contributed by atoms with Crippen LogP contribution in [0.15, 0.2) is 24.3 Å². The molecule has 0 saturated heterocycles. The Morgan fingerprint density at radius 3 is 2.62 bits per heavy atom. The van der Waals surface area contributed by atoms with Gasteiger partial charge in [0.25, 0.3) is 0 Å². The molecule has 0 radical (unpaired) electrons. The number of hydrogen-bond donors (Lipinski definition) is 0. The first-order valence-corrected chi connectivity index (χ1v) is 8.90. The van der Waals surface area contributed by atoms with Gasteiger partial charge in [-0.15, -0.1) is 0 Å². The zero-order valence-corrected chi connectivity index (χ0v) is 14.8. The highest BCUT2D eigenvalue weighted by Gasteiger charge is 2.31. The van der Waals surface area contributed by atoms with Crippen LogP contribution in [0, 0.1) is 17.8 Å². The molecule has 2 unspecified atom stereocenters. The third kappa shape index (κ3) is 5.69. The zero-order valence-electron chi connectivity index (χ0n) is 14.8. The van der Waals surface area contributed by atoms with Crippen LogP contribution in [0.4, 0.5) is 0 Å². The van der Waals surface area contributed by atoms with Gasteiger partial charge < -0.3 is 9.47 Å². The third-order valence-electron chi connectivity index (χ3n) is 4.73. The summed E-state index contributed by atoms with van der Waals surface area (Å²) in [5.74, 6) is 6.95. The molecular formula is C21H28O3. The SMILES string of the molecule is COCCCCCC#Cc1ccc(C2CCC(C(=O)OC)C2)cc1. The first-order valence-electron chi connectivity index (χ1n) is 8.90. The minimum absolute atomic E-state index is 0.0644. The molecule has 1 aromatic rings. The maximum absolute atomic E-state index is 11.6. The Labute approximate surface area is 145 Å². The van der Waals surface area contributed by atoms with Crippen molar-refractivity contribution < 1.29 is 14.3 Å². The highest BCUT2D eigenvalue weighted by Crippen LogP contribution is 2.38. The molecule has 1 aliphatic rings. The third-order valence-corrected chi connectivity index (χ3v) is 4.73. The molecular weight excluding hydrogens is 300 g/mol. The summed E-state index contributed by atoms with van der Waals surface area (Å²) in [5, 5.41) is 0. The lowest BCUT2D eigenvalue weighted by atomic mass is 9.95. The summed E-state index contributed by atoms with van der Waals surface area (Å²) in [7, 11) is 3.21. The van der Waals surface area contributed by atoms with E-state index in [0.717, 1.165) is 50.7 Å². The Hall–Kier alpha value is -1.79. The largest absolute Gasteiger partial charge is 0.469 e. The first kappa shape index (κ1) is 18.5. The van der Waals surface area contributed by atoms with Gasteiger partial charge in [-0.2, -0.15) is 0 Å². The maximum Gasteiger partial charge on any atom is 0.308 e. The van der Waals surface area contributed by atoms with E-state index in [0.29, 0.717) is 5.92 Å². The lowest BCUT2D eigenvalue weighted by molar-refractivity contribution is -0.145. The van der Waals surface area contributed by atoms with Gasteiger partial charge in [0.15, 0.2) is 0 Å². The normalized spacial score (nSPS) is 19.6.